The van der Waals surface area contributed by atoms with Crippen molar-refractivity contribution < 1.29 is 20.0 Å². The lowest BCUT2D eigenvalue weighted by molar-refractivity contribution is -0.138. The Morgan fingerprint density at radius 2 is 1.46 bits per heavy atom. The van der Waals surface area contributed by atoms with E-state index >= 15 is 0 Å². The summed E-state index contributed by atoms with van der Waals surface area (Å²) in [5.74, 6) is 1.32. The van der Waals surface area contributed by atoms with Crippen LogP contribution in [0.4, 0.5) is 0 Å². The molecule has 0 aromatic heterocycles. The molecule has 0 amide bonds. The predicted molar refractivity (Wildman–Crippen MR) is 94.9 cm³/mol. The monoisotopic (exact) mass is 330 g/mol. The Morgan fingerprint density at radius 1 is 0.917 bits per heavy atom. The molecule has 0 aliphatic heterocycles. The van der Waals surface area contributed by atoms with Crippen molar-refractivity contribution in [3.63, 3.8) is 0 Å². The Morgan fingerprint density at radius 3 is 1.92 bits per heavy atom. The molecule has 0 saturated carbocycles. The van der Waals surface area contributed by atoms with Gasteiger partial charge in [-0.25, -0.2) is 5.26 Å². The Balaban J connectivity index is 2.28. The van der Waals surface area contributed by atoms with Crippen molar-refractivity contribution in [3.05, 3.63) is 58.7 Å². The second-order valence-electron chi connectivity index (χ2n) is 6.60. The molecule has 0 unspecified atom stereocenters. The zero-order valence-electron chi connectivity index (χ0n) is 14.8. The lowest BCUT2D eigenvalue weighted by Crippen LogP contribution is -2.19. The minimum Gasteiger partial charge on any atom is -0.493 e. The van der Waals surface area contributed by atoms with Crippen molar-refractivity contribution in [1.29, 1.82) is 0 Å². The highest BCUT2D eigenvalue weighted by Gasteiger charge is 2.24. The molecule has 130 valence electrons. The second kappa shape index (κ2) is 7.69. The largest absolute Gasteiger partial charge is 0.493 e. The molecular formula is C20H26O4. The highest BCUT2D eigenvalue weighted by molar-refractivity contribution is 5.46. The van der Waals surface area contributed by atoms with Crippen LogP contribution in [0.3, 0.4) is 0 Å². The Labute approximate surface area is 143 Å². The molecule has 0 saturated heterocycles. The number of aliphatic hydroxyl groups excluding tert-OH is 1. The van der Waals surface area contributed by atoms with E-state index in [1.807, 2.05) is 32.0 Å². The van der Waals surface area contributed by atoms with Crippen molar-refractivity contribution in [1.82, 2.24) is 0 Å². The van der Waals surface area contributed by atoms with E-state index in [1.54, 1.807) is 6.07 Å². The van der Waals surface area contributed by atoms with E-state index in [-0.39, 0.29) is 12.0 Å². The van der Waals surface area contributed by atoms with Crippen LogP contribution in [0.25, 0.3) is 0 Å². The van der Waals surface area contributed by atoms with Gasteiger partial charge in [-0.15, -0.1) is 0 Å². The van der Waals surface area contributed by atoms with E-state index < -0.39 is 0 Å². The second-order valence-corrected chi connectivity index (χ2v) is 6.60. The number of benzene rings is 2. The molecule has 0 aliphatic carbocycles. The van der Waals surface area contributed by atoms with E-state index in [2.05, 4.69) is 30.9 Å². The lowest BCUT2D eigenvalue weighted by atomic mass is 9.77. The number of hydrogen-bond acceptors (Lipinski definition) is 4. The van der Waals surface area contributed by atoms with Gasteiger partial charge in [0.15, 0.2) is 5.75 Å². The standard InChI is InChI=1S/C20H26O4/c1-14-12-16(6-8-18(14)23-11-5-10-21)20(3,4)17-7-9-19(24-22)15(2)13-17/h6-9,12-13,21-22H,5,10-11H2,1-4H3. The maximum atomic E-state index is 8.86. The van der Waals surface area contributed by atoms with Gasteiger partial charge in [0.2, 0.25) is 0 Å². The fourth-order valence-electron chi connectivity index (χ4n) is 2.75. The van der Waals surface area contributed by atoms with Crippen LogP contribution in [0.1, 0.15) is 42.5 Å². The lowest BCUT2D eigenvalue weighted by Gasteiger charge is -2.27. The van der Waals surface area contributed by atoms with Crippen molar-refractivity contribution in [2.75, 3.05) is 13.2 Å². The highest BCUT2D eigenvalue weighted by Crippen LogP contribution is 2.35. The van der Waals surface area contributed by atoms with Gasteiger partial charge in [0.25, 0.3) is 0 Å². The summed E-state index contributed by atoms with van der Waals surface area (Å²) in [4.78, 5) is 4.37. The third-order valence-corrected chi connectivity index (χ3v) is 4.45. The predicted octanol–water partition coefficient (Wildman–Crippen LogP) is 4.24. The first-order chi connectivity index (χ1) is 11.4. The summed E-state index contributed by atoms with van der Waals surface area (Å²) < 4.78 is 5.70. The molecule has 0 bridgehead atoms. The first-order valence-corrected chi connectivity index (χ1v) is 8.17. The van der Waals surface area contributed by atoms with Gasteiger partial charge in [-0.05, 0) is 48.2 Å². The molecule has 2 rings (SSSR count). The molecule has 2 N–H and O–H groups in total. The minimum atomic E-state index is -0.187. The van der Waals surface area contributed by atoms with Crippen LogP contribution in [0, 0.1) is 13.8 Å². The molecule has 4 nitrogen and oxygen atoms in total. The van der Waals surface area contributed by atoms with Gasteiger partial charge in [-0.3, -0.25) is 0 Å². The van der Waals surface area contributed by atoms with Crippen LogP contribution in [0.5, 0.6) is 11.5 Å². The van der Waals surface area contributed by atoms with Gasteiger partial charge in [0.1, 0.15) is 5.75 Å². The van der Waals surface area contributed by atoms with E-state index in [4.69, 9.17) is 15.1 Å². The summed E-state index contributed by atoms with van der Waals surface area (Å²) in [6.45, 7) is 8.93. The van der Waals surface area contributed by atoms with Gasteiger partial charge in [-0.2, -0.15) is 0 Å². The number of rotatable bonds is 7. The van der Waals surface area contributed by atoms with Crippen LogP contribution in [-0.4, -0.2) is 23.6 Å². The van der Waals surface area contributed by atoms with Gasteiger partial charge in [-0.1, -0.05) is 38.1 Å². The maximum Gasteiger partial charge on any atom is 0.168 e. The van der Waals surface area contributed by atoms with Crippen molar-refractivity contribution >= 4 is 0 Å². The number of aliphatic hydroxyl groups is 1. The summed E-state index contributed by atoms with van der Waals surface area (Å²) in [7, 11) is 0. The Bertz CT molecular complexity index is 692. The van der Waals surface area contributed by atoms with Crippen molar-refractivity contribution in [3.8, 4) is 11.5 Å². The first kappa shape index (κ1) is 18.3. The van der Waals surface area contributed by atoms with Crippen LogP contribution in [-0.2, 0) is 5.41 Å². The normalized spacial score (nSPS) is 11.4. The highest BCUT2D eigenvalue weighted by atomic mass is 17.1. The summed E-state index contributed by atoms with van der Waals surface area (Å²) in [5.41, 5.74) is 4.11. The van der Waals surface area contributed by atoms with Crippen LogP contribution >= 0.6 is 0 Å². The average Bonchev–Trinajstić information content (AvgIpc) is 2.56. The van der Waals surface area contributed by atoms with Gasteiger partial charge in [0, 0.05) is 18.4 Å². The SMILES string of the molecule is Cc1cc(C(C)(C)c2ccc(OCCCO)c(C)c2)ccc1OO. The molecule has 24 heavy (non-hydrogen) atoms. The quantitative estimate of drug-likeness (QED) is 0.453. The zero-order chi connectivity index (χ0) is 17.7. The van der Waals surface area contributed by atoms with Crippen molar-refractivity contribution in [2.45, 2.75) is 39.5 Å². The average molecular weight is 330 g/mol. The molecule has 0 fully saturated rings. The van der Waals surface area contributed by atoms with Crippen LogP contribution < -0.4 is 9.62 Å². The smallest absolute Gasteiger partial charge is 0.168 e. The van der Waals surface area contributed by atoms with Gasteiger partial charge >= 0.3 is 0 Å². The molecule has 0 aliphatic rings. The van der Waals surface area contributed by atoms with Crippen LogP contribution in [0.15, 0.2) is 36.4 Å². The molecular weight excluding hydrogens is 304 g/mol. The number of aryl methyl sites for hydroxylation is 2. The summed E-state index contributed by atoms with van der Waals surface area (Å²) in [6.07, 6.45) is 0.630. The number of ether oxygens (including phenoxy) is 1. The Hall–Kier alpha value is -2.04. The van der Waals surface area contributed by atoms with Gasteiger partial charge in [0.05, 0.1) is 6.61 Å². The minimum absolute atomic E-state index is 0.136. The van der Waals surface area contributed by atoms with E-state index in [0.29, 0.717) is 18.8 Å². The molecule has 0 atom stereocenters. The topological polar surface area (TPSA) is 58.9 Å². The van der Waals surface area contributed by atoms with E-state index in [1.165, 1.54) is 5.56 Å². The van der Waals surface area contributed by atoms with Crippen molar-refractivity contribution in [2.24, 2.45) is 0 Å². The summed E-state index contributed by atoms with van der Waals surface area (Å²) in [5, 5.41) is 17.7. The molecule has 0 heterocycles. The van der Waals surface area contributed by atoms with E-state index in [0.717, 1.165) is 22.4 Å². The van der Waals surface area contributed by atoms with Gasteiger partial charge < -0.3 is 14.7 Å². The number of hydrogen-bond donors (Lipinski definition) is 2. The first-order valence-electron chi connectivity index (χ1n) is 8.17. The molecule has 0 spiro atoms. The fraction of sp³-hybridized carbons (Fsp3) is 0.400. The molecule has 0 radical (unpaired) electrons. The molecule has 4 heteroatoms. The third kappa shape index (κ3) is 3.89. The molecule has 2 aromatic rings. The summed E-state index contributed by atoms with van der Waals surface area (Å²) in [6, 6.07) is 12.0. The maximum absolute atomic E-state index is 8.86. The third-order valence-electron chi connectivity index (χ3n) is 4.45. The fourth-order valence-corrected chi connectivity index (χ4v) is 2.75. The molecule has 2 aromatic carbocycles. The zero-order valence-corrected chi connectivity index (χ0v) is 14.8. The summed E-state index contributed by atoms with van der Waals surface area (Å²) >= 11 is 0. The van der Waals surface area contributed by atoms with E-state index in [9.17, 15) is 0 Å². The van der Waals surface area contributed by atoms with Crippen LogP contribution in [0.2, 0.25) is 0 Å². The Kier molecular flexibility index (Phi) is 5.86.